The fourth-order valence-electron chi connectivity index (χ4n) is 5.20. The predicted molar refractivity (Wildman–Crippen MR) is 135 cm³/mol. The van der Waals surface area contributed by atoms with Crippen molar-refractivity contribution < 1.29 is 59.8 Å². The molecule has 3 unspecified atom stereocenters. The SMILES string of the molecule is Cc1ccc(-c2cc(=O)c3c(O)c([C@@H]4OC(CO)[C@@H](O)[C@@H](O)C4O)c(O)c([C@@H]4OC[C@H](O)[C@@H](O)C4O)c3o2)cc1. The standard InChI is InChI=1S/C27H30O13/c1-9-2-4-10(5-3-9)13-6-11(29)15-20(33)16(27-24(37)22(35)19(32)14(7-28)40-27)21(34)17(25(15)39-13)26-23(36)18(31)12(30)8-38-26/h2-6,12,14,18-19,22-24,26-28,30-37H,7-8H2,1H3/t12-,14?,18+,19+,22+,23?,24?,26-,27-/m0/s1. The zero-order valence-electron chi connectivity index (χ0n) is 21.2. The summed E-state index contributed by atoms with van der Waals surface area (Å²) in [4.78, 5) is 13.4. The molecule has 13 heteroatoms. The van der Waals surface area contributed by atoms with Crippen molar-refractivity contribution in [2.75, 3.05) is 13.2 Å². The Bertz CT molecular complexity index is 1450. The lowest BCUT2D eigenvalue weighted by Crippen LogP contribution is -2.55. The number of aliphatic hydroxyl groups is 7. The minimum absolute atomic E-state index is 0.0315. The Morgan fingerprint density at radius 3 is 2.12 bits per heavy atom. The maximum Gasteiger partial charge on any atom is 0.197 e. The molecular weight excluding hydrogens is 532 g/mol. The van der Waals surface area contributed by atoms with Gasteiger partial charge in [-0.15, -0.1) is 0 Å². The molecule has 9 atom stereocenters. The quantitative estimate of drug-likeness (QED) is 0.183. The Morgan fingerprint density at radius 2 is 1.48 bits per heavy atom. The Hall–Kier alpha value is -3.11. The van der Waals surface area contributed by atoms with Crippen LogP contribution in [-0.4, -0.2) is 102 Å². The van der Waals surface area contributed by atoms with E-state index in [9.17, 15) is 50.8 Å². The van der Waals surface area contributed by atoms with E-state index in [-0.39, 0.29) is 5.76 Å². The highest BCUT2D eigenvalue weighted by atomic mass is 16.5. The minimum atomic E-state index is -1.96. The molecule has 1 aromatic heterocycles. The van der Waals surface area contributed by atoms with Gasteiger partial charge in [0.2, 0.25) is 0 Å². The van der Waals surface area contributed by atoms with Gasteiger partial charge in [0.25, 0.3) is 0 Å². The largest absolute Gasteiger partial charge is 0.507 e. The Kier molecular flexibility index (Phi) is 7.60. The van der Waals surface area contributed by atoms with E-state index in [4.69, 9.17) is 13.9 Å². The van der Waals surface area contributed by atoms with E-state index in [0.717, 1.165) is 11.6 Å². The van der Waals surface area contributed by atoms with Crippen molar-refractivity contribution in [1.82, 2.24) is 0 Å². The molecule has 40 heavy (non-hydrogen) atoms. The van der Waals surface area contributed by atoms with Gasteiger partial charge in [-0.3, -0.25) is 4.79 Å². The van der Waals surface area contributed by atoms with Crippen molar-refractivity contribution in [2.24, 2.45) is 0 Å². The third-order valence-electron chi connectivity index (χ3n) is 7.49. The van der Waals surface area contributed by atoms with Crippen LogP contribution in [0.25, 0.3) is 22.3 Å². The highest BCUT2D eigenvalue weighted by Crippen LogP contribution is 2.50. The first-order chi connectivity index (χ1) is 19.0. The fourth-order valence-corrected chi connectivity index (χ4v) is 5.20. The summed E-state index contributed by atoms with van der Waals surface area (Å²) in [6, 6.07) is 7.97. The average molecular weight is 563 g/mol. The van der Waals surface area contributed by atoms with Gasteiger partial charge in [0.1, 0.15) is 77.6 Å². The van der Waals surface area contributed by atoms with Gasteiger partial charge in [0, 0.05) is 11.6 Å². The Labute approximate surface area is 226 Å². The first-order valence-electron chi connectivity index (χ1n) is 12.5. The summed E-state index contributed by atoms with van der Waals surface area (Å²) in [6.07, 6.45) is -15.5. The highest BCUT2D eigenvalue weighted by Gasteiger charge is 2.48. The van der Waals surface area contributed by atoms with Crippen molar-refractivity contribution in [3.05, 3.63) is 57.2 Å². The number of hydrogen-bond acceptors (Lipinski definition) is 13. The lowest BCUT2D eigenvalue weighted by molar-refractivity contribution is -0.232. The Morgan fingerprint density at radius 1 is 0.825 bits per heavy atom. The van der Waals surface area contributed by atoms with Gasteiger partial charge in [-0.25, -0.2) is 0 Å². The fraction of sp³-hybridized carbons (Fsp3) is 0.444. The summed E-state index contributed by atoms with van der Waals surface area (Å²) in [7, 11) is 0. The predicted octanol–water partition coefficient (Wildman–Crippen LogP) is -1.15. The van der Waals surface area contributed by atoms with Gasteiger partial charge in [-0.1, -0.05) is 29.8 Å². The molecule has 9 N–H and O–H groups in total. The molecule has 2 saturated heterocycles. The number of benzene rings is 2. The molecule has 5 rings (SSSR count). The number of rotatable bonds is 4. The van der Waals surface area contributed by atoms with Gasteiger partial charge in [-0.2, -0.15) is 0 Å². The number of phenolic OH excluding ortho intramolecular Hbond substituents is 2. The summed E-state index contributed by atoms with van der Waals surface area (Å²) < 4.78 is 17.1. The van der Waals surface area contributed by atoms with Crippen LogP contribution >= 0.6 is 0 Å². The molecule has 2 fully saturated rings. The van der Waals surface area contributed by atoms with Crippen molar-refractivity contribution in [1.29, 1.82) is 0 Å². The van der Waals surface area contributed by atoms with Gasteiger partial charge in [0.15, 0.2) is 11.0 Å². The minimum Gasteiger partial charge on any atom is -0.507 e. The molecule has 2 aliphatic rings. The van der Waals surface area contributed by atoms with Crippen LogP contribution in [-0.2, 0) is 9.47 Å². The van der Waals surface area contributed by atoms with E-state index < -0.39 is 107 Å². The van der Waals surface area contributed by atoms with E-state index >= 15 is 0 Å². The monoisotopic (exact) mass is 562 g/mol. The molecular formula is C27H30O13. The summed E-state index contributed by atoms with van der Waals surface area (Å²) >= 11 is 0. The second-order valence-electron chi connectivity index (χ2n) is 10.1. The third-order valence-corrected chi connectivity index (χ3v) is 7.49. The maximum absolute atomic E-state index is 13.4. The number of aromatic hydroxyl groups is 2. The molecule has 3 heterocycles. The van der Waals surface area contributed by atoms with Gasteiger partial charge >= 0.3 is 0 Å². The third kappa shape index (κ3) is 4.55. The van der Waals surface area contributed by atoms with Gasteiger partial charge in [0.05, 0.1) is 24.3 Å². The van der Waals surface area contributed by atoms with Crippen LogP contribution in [0.1, 0.15) is 28.9 Å². The van der Waals surface area contributed by atoms with E-state index in [1.54, 1.807) is 24.3 Å². The van der Waals surface area contributed by atoms with Gasteiger partial charge < -0.3 is 59.8 Å². The number of aliphatic hydroxyl groups excluding tert-OH is 7. The first kappa shape index (κ1) is 28.4. The second-order valence-corrected chi connectivity index (χ2v) is 10.1. The number of ether oxygens (including phenoxy) is 2. The van der Waals surface area contributed by atoms with Crippen molar-refractivity contribution >= 4 is 11.0 Å². The molecule has 0 radical (unpaired) electrons. The van der Waals surface area contributed by atoms with Crippen LogP contribution < -0.4 is 5.43 Å². The molecule has 0 spiro atoms. The normalized spacial score (nSPS) is 32.9. The van der Waals surface area contributed by atoms with Crippen LogP contribution in [0.3, 0.4) is 0 Å². The molecule has 2 aliphatic heterocycles. The number of hydrogen-bond donors (Lipinski definition) is 9. The van der Waals surface area contributed by atoms with E-state index in [1.165, 1.54) is 0 Å². The zero-order chi connectivity index (χ0) is 29.0. The van der Waals surface area contributed by atoms with Crippen LogP contribution in [0.15, 0.2) is 39.5 Å². The zero-order valence-corrected chi connectivity index (χ0v) is 21.2. The van der Waals surface area contributed by atoms with Crippen LogP contribution in [0, 0.1) is 6.92 Å². The number of phenols is 2. The lowest BCUT2D eigenvalue weighted by Gasteiger charge is -2.41. The molecule has 3 aromatic rings. The van der Waals surface area contributed by atoms with Gasteiger partial charge in [-0.05, 0) is 6.92 Å². The smallest absolute Gasteiger partial charge is 0.197 e. The molecule has 216 valence electrons. The van der Waals surface area contributed by atoms with E-state index in [0.29, 0.717) is 5.56 Å². The topological polar surface area (TPSA) is 231 Å². The molecule has 0 aliphatic carbocycles. The van der Waals surface area contributed by atoms with Crippen molar-refractivity contribution in [3.8, 4) is 22.8 Å². The molecule has 2 aromatic carbocycles. The average Bonchev–Trinajstić information content (AvgIpc) is 2.92. The Balaban J connectivity index is 1.80. The number of fused-ring (bicyclic) bond motifs is 1. The number of aryl methyl sites for hydroxylation is 1. The summed E-state index contributed by atoms with van der Waals surface area (Å²) in [5, 5.41) is 94.2. The van der Waals surface area contributed by atoms with Crippen LogP contribution in [0.4, 0.5) is 0 Å². The summed E-state index contributed by atoms with van der Waals surface area (Å²) in [5.41, 5.74) is -0.853. The van der Waals surface area contributed by atoms with Crippen LogP contribution in [0.5, 0.6) is 11.5 Å². The highest BCUT2D eigenvalue weighted by molar-refractivity contribution is 5.91. The van der Waals surface area contributed by atoms with Crippen molar-refractivity contribution in [2.45, 2.75) is 61.9 Å². The summed E-state index contributed by atoms with van der Waals surface area (Å²) in [5.74, 6) is -1.74. The second kappa shape index (κ2) is 10.7. The maximum atomic E-state index is 13.4. The molecule has 0 saturated carbocycles. The molecule has 0 amide bonds. The first-order valence-corrected chi connectivity index (χ1v) is 12.5. The van der Waals surface area contributed by atoms with Crippen LogP contribution in [0.2, 0.25) is 0 Å². The summed E-state index contributed by atoms with van der Waals surface area (Å²) in [6.45, 7) is 0.568. The van der Waals surface area contributed by atoms with Crippen molar-refractivity contribution in [3.63, 3.8) is 0 Å². The molecule has 13 nitrogen and oxygen atoms in total. The van der Waals surface area contributed by atoms with E-state index in [1.807, 2.05) is 6.92 Å². The molecule has 0 bridgehead atoms. The van der Waals surface area contributed by atoms with E-state index in [2.05, 4.69) is 0 Å². The lowest BCUT2D eigenvalue weighted by atomic mass is 9.85.